The van der Waals surface area contributed by atoms with E-state index in [1.54, 1.807) is 5.01 Å². The number of ether oxygens (including phenoxy) is 1. The van der Waals surface area contributed by atoms with E-state index in [2.05, 4.69) is 5.32 Å². The van der Waals surface area contributed by atoms with Gasteiger partial charge in [0.1, 0.15) is 5.60 Å². The molecule has 6 nitrogen and oxygen atoms in total. The molecule has 0 radical (unpaired) electrons. The van der Waals surface area contributed by atoms with E-state index in [-0.39, 0.29) is 11.9 Å². The summed E-state index contributed by atoms with van der Waals surface area (Å²) in [5, 5.41) is 6.78. The zero-order valence-electron chi connectivity index (χ0n) is 18.3. The van der Waals surface area contributed by atoms with Crippen LogP contribution < -0.4 is 5.32 Å². The van der Waals surface area contributed by atoms with E-state index >= 15 is 0 Å². The van der Waals surface area contributed by atoms with Crippen molar-refractivity contribution in [3.63, 3.8) is 0 Å². The average Bonchev–Trinajstić information content (AvgIpc) is 2.63. The van der Waals surface area contributed by atoms with Crippen LogP contribution in [0.2, 0.25) is 0 Å². The number of hydrazine groups is 1. The lowest BCUT2D eigenvalue weighted by atomic mass is 10.0. The first-order valence-corrected chi connectivity index (χ1v) is 10.3. The first kappa shape index (κ1) is 24.0. The Morgan fingerprint density at radius 3 is 2.14 bits per heavy atom. The van der Waals surface area contributed by atoms with Crippen molar-refractivity contribution < 1.29 is 14.3 Å². The molecule has 0 aromatic heterocycles. The molecule has 1 aromatic carbocycles. The Labute approximate surface area is 170 Å². The number of nitrogens with one attached hydrogen (secondary N) is 1. The predicted molar refractivity (Wildman–Crippen MR) is 113 cm³/mol. The molecule has 0 bridgehead atoms. The number of rotatable bonds is 10. The van der Waals surface area contributed by atoms with Gasteiger partial charge in [-0.15, -0.1) is 0 Å². The van der Waals surface area contributed by atoms with Crippen molar-refractivity contribution >= 4 is 12.0 Å². The minimum absolute atomic E-state index is 0.0789. The number of hydrogen-bond acceptors (Lipinski definition) is 4. The molecule has 0 spiro atoms. The molecule has 1 aromatic rings. The number of hydrogen-bond donors (Lipinski definition) is 1. The normalized spacial score (nSPS) is 12.5. The molecule has 158 valence electrons. The van der Waals surface area contributed by atoms with Crippen LogP contribution in [-0.4, -0.2) is 53.3 Å². The Balaban J connectivity index is 2.78. The van der Waals surface area contributed by atoms with Crippen LogP contribution in [0.3, 0.4) is 0 Å². The molecule has 1 N–H and O–H groups in total. The topological polar surface area (TPSA) is 61.9 Å². The summed E-state index contributed by atoms with van der Waals surface area (Å²) in [6.45, 7) is 13.8. The molecule has 2 amide bonds. The zero-order valence-corrected chi connectivity index (χ0v) is 18.3. The van der Waals surface area contributed by atoms with E-state index in [1.165, 1.54) is 0 Å². The quantitative estimate of drug-likeness (QED) is 0.612. The standard InChI is InChI=1S/C22H37N3O3/c1-7-24(8-2)25(9-3)20(26)16-15-19(17-18-13-11-10-12-14-18)23-21(27)28-22(4,5)6/h10-14,19H,7-9,15-17H2,1-6H3,(H,23,27)/t19-/m1/s1. The van der Waals surface area contributed by atoms with Crippen LogP contribution in [0.4, 0.5) is 4.79 Å². The molecule has 1 rings (SSSR count). The minimum atomic E-state index is -0.557. The third-order valence-corrected chi connectivity index (χ3v) is 4.41. The minimum Gasteiger partial charge on any atom is -0.444 e. The van der Waals surface area contributed by atoms with E-state index in [4.69, 9.17) is 4.74 Å². The van der Waals surface area contributed by atoms with Crippen molar-refractivity contribution in [1.82, 2.24) is 15.3 Å². The monoisotopic (exact) mass is 391 g/mol. The van der Waals surface area contributed by atoms with Crippen LogP contribution in [0.25, 0.3) is 0 Å². The van der Waals surface area contributed by atoms with Crippen molar-refractivity contribution in [3.8, 4) is 0 Å². The molecule has 0 heterocycles. The molecular weight excluding hydrogens is 354 g/mol. The number of alkyl carbamates (subject to hydrolysis) is 1. The lowest BCUT2D eigenvalue weighted by Gasteiger charge is -2.33. The summed E-state index contributed by atoms with van der Waals surface area (Å²) < 4.78 is 5.40. The second-order valence-electron chi connectivity index (χ2n) is 7.82. The van der Waals surface area contributed by atoms with Gasteiger partial charge >= 0.3 is 6.09 Å². The van der Waals surface area contributed by atoms with Crippen LogP contribution in [0.5, 0.6) is 0 Å². The summed E-state index contributed by atoms with van der Waals surface area (Å²) in [6.07, 6.45) is 1.14. The summed E-state index contributed by atoms with van der Waals surface area (Å²) in [5.41, 5.74) is 0.561. The highest BCUT2D eigenvalue weighted by atomic mass is 16.6. The van der Waals surface area contributed by atoms with Crippen molar-refractivity contribution in [3.05, 3.63) is 35.9 Å². The molecule has 0 fully saturated rings. The third-order valence-electron chi connectivity index (χ3n) is 4.41. The Kier molecular flexibility index (Phi) is 10.0. The maximum atomic E-state index is 12.7. The van der Waals surface area contributed by atoms with Gasteiger partial charge in [-0.2, -0.15) is 0 Å². The van der Waals surface area contributed by atoms with Gasteiger partial charge in [-0.25, -0.2) is 9.80 Å². The summed E-state index contributed by atoms with van der Waals surface area (Å²) >= 11 is 0. The Hall–Kier alpha value is -2.08. The summed E-state index contributed by atoms with van der Waals surface area (Å²) in [5.74, 6) is 0.0789. The maximum absolute atomic E-state index is 12.7. The van der Waals surface area contributed by atoms with Crippen LogP contribution in [0.1, 0.15) is 59.9 Å². The molecule has 0 aliphatic heterocycles. The fourth-order valence-electron chi connectivity index (χ4n) is 3.12. The SMILES string of the molecule is CCN(CC)N(CC)C(=O)CC[C@H](Cc1ccccc1)NC(=O)OC(C)(C)C. The number of carbonyl (C=O) groups excluding carboxylic acids is 2. The van der Waals surface area contributed by atoms with Gasteiger partial charge in [0.15, 0.2) is 0 Å². The fourth-order valence-corrected chi connectivity index (χ4v) is 3.12. The predicted octanol–water partition coefficient (Wildman–Crippen LogP) is 4.01. The summed E-state index contributed by atoms with van der Waals surface area (Å²) in [7, 11) is 0. The Morgan fingerprint density at radius 1 is 1.04 bits per heavy atom. The lowest BCUT2D eigenvalue weighted by molar-refractivity contribution is -0.148. The number of benzene rings is 1. The van der Waals surface area contributed by atoms with E-state index in [1.807, 2.05) is 76.9 Å². The van der Waals surface area contributed by atoms with Crippen LogP contribution >= 0.6 is 0 Å². The highest BCUT2D eigenvalue weighted by Crippen LogP contribution is 2.12. The van der Waals surface area contributed by atoms with Gasteiger partial charge in [0.2, 0.25) is 5.91 Å². The van der Waals surface area contributed by atoms with Gasteiger partial charge in [0.05, 0.1) is 0 Å². The van der Waals surface area contributed by atoms with Crippen molar-refractivity contribution in [2.45, 2.75) is 72.4 Å². The van der Waals surface area contributed by atoms with E-state index in [0.717, 1.165) is 18.7 Å². The highest BCUT2D eigenvalue weighted by molar-refractivity contribution is 5.76. The summed E-state index contributed by atoms with van der Waals surface area (Å²) in [6, 6.07) is 9.80. The molecule has 0 saturated heterocycles. The molecule has 0 saturated carbocycles. The largest absolute Gasteiger partial charge is 0.444 e. The van der Waals surface area contributed by atoms with E-state index < -0.39 is 11.7 Å². The van der Waals surface area contributed by atoms with Gasteiger partial charge < -0.3 is 10.1 Å². The second kappa shape index (κ2) is 11.7. The zero-order chi connectivity index (χ0) is 21.2. The van der Waals surface area contributed by atoms with E-state index in [9.17, 15) is 9.59 Å². The second-order valence-corrected chi connectivity index (χ2v) is 7.82. The van der Waals surface area contributed by atoms with E-state index in [0.29, 0.717) is 25.8 Å². The lowest BCUT2D eigenvalue weighted by Crippen LogP contribution is -2.47. The first-order valence-electron chi connectivity index (χ1n) is 10.3. The molecular formula is C22H37N3O3. The fraction of sp³-hybridized carbons (Fsp3) is 0.636. The molecule has 28 heavy (non-hydrogen) atoms. The highest BCUT2D eigenvalue weighted by Gasteiger charge is 2.22. The number of carbonyl (C=O) groups is 2. The third kappa shape index (κ3) is 8.74. The average molecular weight is 392 g/mol. The van der Waals surface area contributed by atoms with Gasteiger partial charge in [-0.3, -0.25) is 9.80 Å². The molecule has 0 aliphatic rings. The summed E-state index contributed by atoms with van der Waals surface area (Å²) in [4.78, 5) is 25.0. The van der Waals surface area contributed by atoms with Gasteiger partial charge in [0.25, 0.3) is 0 Å². The van der Waals surface area contributed by atoms with Crippen molar-refractivity contribution in [1.29, 1.82) is 0 Å². The number of amides is 2. The maximum Gasteiger partial charge on any atom is 0.407 e. The Bertz CT molecular complexity index is 595. The van der Waals surface area contributed by atoms with Crippen LogP contribution in [0.15, 0.2) is 30.3 Å². The van der Waals surface area contributed by atoms with Crippen LogP contribution in [0, 0.1) is 0 Å². The van der Waals surface area contributed by atoms with Crippen LogP contribution in [-0.2, 0) is 16.0 Å². The smallest absolute Gasteiger partial charge is 0.407 e. The van der Waals surface area contributed by atoms with Crippen molar-refractivity contribution in [2.24, 2.45) is 0 Å². The number of nitrogens with zero attached hydrogens (tertiary/aromatic N) is 2. The molecule has 0 aliphatic carbocycles. The molecule has 0 unspecified atom stereocenters. The molecule has 1 atom stereocenters. The molecule has 6 heteroatoms. The van der Waals surface area contributed by atoms with Crippen molar-refractivity contribution in [2.75, 3.05) is 19.6 Å². The van der Waals surface area contributed by atoms with Gasteiger partial charge in [-0.05, 0) is 46.1 Å². The Morgan fingerprint density at radius 2 is 1.64 bits per heavy atom. The van der Waals surface area contributed by atoms with Gasteiger partial charge in [0, 0.05) is 32.1 Å². The van der Waals surface area contributed by atoms with Gasteiger partial charge in [-0.1, -0.05) is 44.2 Å². The first-order chi connectivity index (χ1) is 13.2.